The minimum Gasteiger partial charge on any atom is -0.409 e. The van der Waals surface area contributed by atoms with Gasteiger partial charge in [-0.05, 0) is 19.8 Å². The van der Waals surface area contributed by atoms with Gasteiger partial charge in [0.05, 0.1) is 0 Å². The van der Waals surface area contributed by atoms with E-state index < -0.39 is 0 Å². The number of rotatable bonds is 5. The van der Waals surface area contributed by atoms with Gasteiger partial charge in [-0.3, -0.25) is 4.79 Å². The molecule has 0 spiro atoms. The van der Waals surface area contributed by atoms with E-state index in [1.165, 1.54) is 0 Å². The van der Waals surface area contributed by atoms with Crippen molar-refractivity contribution < 1.29 is 14.7 Å². The summed E-state index contributed by atoms with van der Waals surface area (Å²) in [5.41, 5.74) is 5.40. The first kappa shape index (κ1) is 13.8. The Morgan fingerprint density at radius 2 is 2.18 bits per heavy atom. The van der Waals surface area contributed by atoms with Crippen molar-refractivity contribution in [3.8, 4) is 0 Å². The Labute approximate surface area is 101 Å². The number of ether oxygens (including phenoxy) is 1. The molecule has 0 aliphatic carbocycles. The molecule has 0 unspecified atom stereocenters. The van der Waals surface area contributed by atoms with Crippen LogP contribution in [-0.2, 0) is 9.53 Å². The van der Waals surface area contributed by atoms with Gasteiger partial charge in [0.25, 0.3) is 0 Å². The quantitative estimate of drug-likeness (QED) is 0.316. The van der Waals surface area contributed by atoms with Gasteiger partial charge in [-0.15, -0.1) is 0 Å². The molecule has 1 heterocycles. The van der Waals surface area contributed by atoms with E-state index in [-0.39, 0.29) is 17.7 Å². The Morgan fingerprint density at radius 3 is 2.71 bits per heavy atom. The van der Waals surface area contributed by atoms with Crippen LogP contribution in [0.3, 0.4) is 0 Å². The van der Waals surface area contributed by atoms with Crippen LogP contribution in [0.5, 0.6) is 0 Å². The molecule has 0 aromatic heterocycles. The summed E-state index contributed by atoms with van der Waals surface area (Å²) >= 11 is 0. The highest BCUT2D eigenvalue weighted by Crippen LogP contribution is 2.17. The van der Waals surface area contributed by atoms with E-state index in [9.17, 15) is 4.79 Å². The lowest BCUT2D eigenvalue weighted by molar-refractivity contribution is -0.138. The summed E-state index contributed by atoms with van der Waals surface area (Å²) in [5, 5.41) is 11.4. The Morgan fingerprint density at radius 1 is 1.53 bits per heavy atom. The maximum Gasteiger partial charge on any atom is 0.225 e. The molecule has 0 radical (unpaired) electrons. The van der Waals surface area contributed by atoms with Crippen LogP contribution in [0.25, 0.3) is 0 Å². The third-order valence-corrected chi connectivity index (χ3v) is 3.03. The van der Waals surface area contributed by atoms with Crippen molar-refractivity contribution in [3.63, 3.8) is 0 Å². The zero-order valence-electron chi connectivity index (χ0n) is 10.3. The summed E-state index contributed by atoms with van der Waals surface area (Å²) in [6.45, 7) is 4.41. The number of amides is 1. The van der Waals surface area contributed by atoms with E-state index in [2.05, 4.69) is 5.16 Å². The molecule has 1 aliphatic heterocycles. The van der Waals surface area contributed by atoms with E-state index >= 15 is 0 Å². The van der Waals surface area contributed by atoms with Crippen molar-refractivity contribution in [2.24, 2.45) is 16.8 Å². The fourth-order valence-electron chi connectivity index (χ4n) is 1.93. The van der Waals surface area contributed by atoms with Crippen LogP contribution in [0.1, 0.15) is 26.2 Å². The van der Waals surface area contributed by atoms with Crippen molar-refractivity contribution in [2.75, 3.05) is 26.3 Å². The van der Waals surface area contributed by atoms with E-state index in [0.717, 1.165) is 12.8 Å². The SMILES string of the molecule is CCN(CC/C(N)=N/O)C(=O)C1CCOCC1. The molecule has 98 valence electrons. The smallest absolute Gasteiger partial charge is 0.225 e. The molecule has 0 atom stereocenters. The minimum atomic E-state index is 0.0657. The zero-order valence-corrected chi connectivity index (χ0v) is 10.3. The number of hydrogen-bond acceptors (Lipinski definition) is 4. The van der Waals surface area contributed by atoms with E-state index in [0.29, 0.717) is 32.7 Å². The van der Waals surface area contributed by atoms with Crippen molar-refractivity contribution in [3.05, 3.63) is 0 Å². The highest BCUT2D eigenvalue weighted by Gasteiger charge is 2.25. The van der Waals surface area contributed by atoms with Gasteiger partial charge in [0.1, 0.15) is 5.84 Å². The van der Waals surface area contributed by atoms with Gasteiger partial charge < -0.3 is 20.6 Å². The Balaban J connectivity index is 2.45. The molecule has 1 fully saturated rings. The molecule has 1 saturated heterocycles. The lowest BCUT2D eigenvalue weighted by Crippen LogP contribution is -2.40. The summed E-state index contributed by atoms with van der Waals surface area (Å²) in [4.78, 5) is 13.9. The number of nitrogens with two attached hydrogens (primary N) is 1. The van der Waals surface area contributed by atoms with Gasteiger partial charge in [-0.2, -0.15) is 0 Å². The van der Waals surface area contributed by atoms with Gasteiger partial charge in [-0.1, -0.05) is 5.16 Å². The van der Waals surface area contributed by atoms with Gasteiger partial charge in [-0.25, -0.2) is 0 Å². The number of oxime groups is 1. The second-order valence-corrected chi connectivity index (χ2v) is 4.15. The second kappa shape index (κ2) is 7.11. The first-order chi connectivity index (χ1) is 8.19. The normalized spacial score (nSPS) is 18.1. The molecule has 0 saturated carbocycles. The van der Waals surface area contributed by atoms with Crippen LogP contribution in [0.4, 0.5) is 0 Å². The molecule has 6 heteroatoms. The molecular weight excluding hydrogens is 222 g/mol. The highest BCUT2D eigenvalue weighted by molar-refractivity contribution is 5.82. The van der Waals surface area contributed by atoms with Crippen molar-refractivity contribution in [1.29, 1.82) is 0 Å². The molecule has 1 aliphatic rings. The molecule has 0 aromatic carbocycles. The van der Waals surface area contributed by atoms with E-state index in [4.69, 9.17) is 15.7 Å². The average Bonchev–Trinajstić information content (AvgIpc) is 2.39. The maximum atomic E-state index is 12.2. The molecule has 1 amide bonds. The predicted molar refractivity (Wildman–Crippen MR) is 63.8 cm³/mol. The third-order valence-electron chi connectivity index (χ3n) is 3.03. The third kappa shape index (κ3) is 4.22. The topological polar surface area (TPSA) is 88.1 Å². The maximum absolute atomic E-state index is 12.2. The van der Waals surface area contributed by atoms with E-state index in [1.54, 1.807) is 4.90 Å². The highest BCUT2D eigenvalue weighted by atomic mass is 16.5. The predicted octanol–water partition coefficient (Wildman–Crippen LogP) is 0.398. The largest absolute Gasteiger partial charge is 0.409 e. The summed E-state index contributed by atoms with van der Waals surface area (Å²) in [6.07, 6.45) is 1.98. The van der Waals surface area contributed by atoms with Crippen LogP contribution in [-0.4, -0.2) is 48.2 Å². The van der Waals surface area contributed by atoms with Gasteiger partial charge in [0.2, 0.25) is 5.91 Å². The molecule has 3 N–H and O–H groups in total. The standard InChI is InChI=1S/C11H21N3O3/c1-2-14(6-3-10(12)13-16)11(15)9-4-7-17-8-5-9/h9,16H,2-8H2,1H3,(H2,12,13). The van der Waals surface area contributed by atoms with Crippen LogP contribution < -0.4 is 5.73 Å². The monoisotopic (exact) mass is 243 g/mol. The lowest BCUT2D eigenvalue weighted by Gasteiger charge is -2.28. The lowest BCUT2D eigenvalue weighted by atomic mass is 9.98. The van der Waals surface area contributed by atoms with Crippen molar-refractivity contribution >= 4 is 11.7 Å². The fraction of sp³-hybridized carbons (Fsp3) is 0.818. The molecule has 6 nitrogen and oxygen atoms in total. The molecule has 0 bridgehead atoms. The van der Waals surface area contributed by atoms with Crippen LogP contribution >= 0.6 is 0 Å². The molecule has 17 heavy (non-hydrogen) atoms. The average molecular weight is 243 g/mol. The fourth-order valence-corrected chi connectivity index (χ4v) is 1.93. The summed E-state index contributed by atoms with van der Waals surface area (Å²) < 4.78 is 5.24. The van der Waals surface area contributed by atoms with Crippen LogP contribution in [0.15, 0.2) is 5.16 Å². The first-order valence-corrected chi connectivity index (χ1v) is 6.02. The summed E-state index contributed by atoms with van der Waals surface area (Å²) in [5.74, 6) is 0.376. The van der Waals surface area contributed by atoms with Crippen molar-refractivity contribution in [2.45, 2.75) is 26.2 Å². The van der Waals surface area contributed by atoms with Gasteiger partial charge >= 0.3 is 0 Å². The van der Waals surface area contributed by atoms with Crippen molar-refractivity contribution in [1.82, 2.24) is 4.90 Å². The minimum absolute atomic E-state index is 0.0657. The first-order valence-electron chi connectivity index (χ1n) is 6.02. The second-order valence-electron chi connectivity index (χ2n) is 4.15. The Hall–Kier alpha value is -1.30. The molecule has 1 rings (SSSR count). The number of nitrogens with zero attached hydrogens (tertiary/aromatic N) is 2. The molecule has 0 aromatic rings. The van der Waals surface area contributed by atoms with Gasteiger partial charge in [0.15, 0.2) is 0 Å². The Bertz CT molecular complexity index is 275. The summed E-state index contributed by atoms with van der Waals surface area (Å²) in [7, 11) is 0. The number of amidine groups is 1. The number of carbonyl (C=O) groups excluding carboxylic acids is 1. The van der Waals surface area contributed by atoms with Gasteiger partial charge in [0, 0.05) is 38.6 Å². The van der Waals surface area contributed by atoms with Crippen LogP contribution in [0, 0.1) is 5.92 Å². The zero-order chi connectivity index (χ0) is 12.7. The van der Waals surface area contributed by atoms with E-state index in [1.807, 2.05) is 6.92 Å². The number of hydrogen-bond donors (Lipinski definition) is 2. The number of carbonyl (C=O) groups is 1. The molecular formula is C11H21N3O3. The Kier molecular flexibility index (Phi) is 5.76. The summed E-state index contributed by atoms with van der Waals surface area (Å²) in [6, 6.07) is 0. The van der Waals surface area contributed by atoms with Crippen LogP contribution in [0.2, 0.25) is 0 Å².